The molecule has 2 saturated carbocycles. The number of carbonyl (C=O) groups excluding carboxylic acids is 2. The van der Waals surface area contributed by atoms with Crippen molar-refractivity contribution in [3.8, 4) is 0 Å². The van der Waals surface area contributed by atoms with Gasteiger partial charge in [0.2, 0.25) is 5.91 Å². The maximum atomic E-state index is 13.7. The number of hydrogen-bond donors (Lipinski definition) is 4. The van der Waals surface area contributed by atoms with E-state index in [9.17, 15) is 41.4 Å². The average molecular weight is 589 g/mol. The van der Waals surface area contributed by atoms with Gasteiger partial charge in [-0.15, -0.1) is 0 Å². The standard InChI is InChI=1S/C26H28ClF3N2O6S/c1-13(33)12-31-23(34)11-26(36)15-3-4-16(26)8-18(7-15)39(37,38)22-6-14(2-5-19(22)27)25(35)32-17-9-20(28)24(30)21(29)10-17/h2,5-6,9-10,13,15-16,18,33,36H,3-4,7-8,11-12H2,1H3,(H,31,34)(H,32,35)/t13-,15-,16?,18?,26?/m0/s1. The minimum atomic E-state index is -4.09. The van der Waals surface area contributed by atoms with E-state index < -0.39 is 67.9 Å². The predicted molar refractivity (Wildman–Crippen MR) is 136 cm³/mol. The molecule has 0 heterocycles. The molecule has 0 radical (unpaired) electrons. The number of benzene rings is 2. The first-order valence-corrected chi connectivity index (χ1v) is 14.3. The summed E-state index contributed by atoms with van der Waals surface area (Å²) in [5.74, 6) is -6.94. The van der Waals surface area contributed by atoms with E-state index in [4.69, 9.17) is 11.6 Å². The number of fused-ring (bicyclic) bond motifs is 2. The van der Waals surface area contributed by atoms with Crippen molar-refractivity contribution in [1.82, 2.24) is 5.32 Å². The van der Waals surface area contributed by atoms with E-state index in [0.29, 0.717) is 25.0 Å². The number of anilines is 1. The molecule has 2 amide bonds. The maximum absolute atomic E-state index is 13.7. The molecule has 0 spiro atoms. The fourth-order valence-electron chi connectivity index (χ4n) is 5.61. The van der Waals surface area contributed by atoms with Gasteiger partial charge in [0.25, 0.3) is 5.91 Å². The van der Waals surface area contributed by atoms with Crippen LogP contribution in [0.25, 0.3) is 0 Å². The second kappa shape index (κ2) is 11.1. The molecular formula is C26H28ClF3N2O6S. The Labute approximate surface area is 228 Å². The quantitative estimate of drug-likeness (QED) is 0.349. The Hall–Kier alpha value is -2.67. The smallest absolute Gasteiger partial charge is 0.255 e. The van der Waals surface area contributed by atoms with Crippen molar-refractivity contribution in [2.24, 2.45) is 11.8 Å². The van der Waals surface area contributed by atoms with Gasteiger partial charge in [-0.05, 0) is 62.6 Å². The highest BCUT2D eigenvalue weighted by Crippen LogP contribution is 2.53. The van der Waals surface area contributed by atoms with Crippen molar-refractivity contribution in [3.63, 3.8) is 0 Å². The van der Waals surface area contributed by atoms with Crippen molar-refractivity contribution in [2.75, 3.05) is 11.9 Å². The van der Waals surface area contributed by atoms with Crippen molar-refractivity contribution < 1.29 is 41.4 Å². The Morgan fingerprint density at radius 1 is 1.10 bits per heavy atom. The molecule has 2 bridgehead atoms. The van der Waals surface area contributed by atoms with Crippen LogP contribution in [0.4, 0.5) is 18.9 Å². The summed E-state index contributed by atoms with van der Waals surface area (Å²) in [5, 5.41) is 24.4. The first-order valence-electron chi connectivity index (χ1n) is 12.4. The Balaban J connectivity index is 1.52. The van der Waals surface area contributed by atoms with Crippen LogP contribution >= 0.6 is 11.6 Å². The van der Waals surface area contributed by atoms with Gasteiger partial charge in [0.05, 0.1) is 33.3 Å². The molecule has 4 rings (SSSR count). The van der Waals surface area contributed by atoms with Crippen LogP contribution in [0.5, 0.6) is 0 Å². The lowest BCUT2D eigenvalue weighted by Crippen LogP contribution is -2.51. The van der Waals surface area contributed by atoms with Gasteiger partial charge in [-0.2, -0.15) is 0 Å². The van der Waals surface area contributed by atoms with Crippen LogP contribution in [0.3, 0.4) is 0 Å². The van der Waals surface area contributed by atoms with Gasteiger partial charge in [0.15, 0.2) is 27.3 Å². The number of sulfone groups is 1. The summed E-state index contributed by atoms with van der Waals surface area (Å²) < 4.78 is 67.6. The molecule has 2 fully saturated rings. The normalized spacial score (nSPS) is 25.3. The van der Waals surface area contributed by atoms with Gasteiger partial charge >= 0.3 is 0 Å². The molecule has 212 valence electrons. The molecule has 2 aromatic rings. The number of aliphatic hydroxyl groups excluding tert-OH is 1. The number of rotatable bonds is 8. The topological polar surface area (TPSA) is 133 Å². The van der Waals surface area contributed by atoms with Crippen LogP contribution in [0.15, 0.2) is 35.2 Å². The van der Waals surface area contributed by atoms with Crippen LogP contribution in [0.1, 0.15) is 49.4 Å². The zero-order valence-corrected chi connectivity index (χ0v) is 22.5. The lowest BCUT2D eigenvalue weighted by Gasteiger charge is -2.42. The zero-order valence-electron chi connectivity index (χ0n) is 20.9. The summed E-state index contributed by atoms with van der Waals surface area (Å²) in [4.78, 5) is 24.8. The summed E-state index contributed by atoms with van der Waals surface area (Å²) in [6.45, 7) is 1.55. The third-order valence-corrected chi connectivity index (χ3v) is 10.2. The number of amides is 2. The highest BCUT2D eigenvalue weighted by Gasteiger charge is 2.56. The molecule has 2 aromatic carbocycles. The van der Waals surface area contributed by atoms with Crippen molar-refractivity contribution in [2.45, 2.75) is 60.9 Å². The molecule has 13 heteroatoms. The molecule has 0 aromatic heterocycles. The average Bonchev–Trinajstić information content (AvgIpc) is 3.01. The number of aliphatic hydroxyl groups is 2. The van der Waals surface area contributed by atoms with E-state index in [1.165, 1.54) is 19.1 Å². The molecule has 0 saturated heterocycles. The Bertz CT molecular complexity index is 1370. The van der Waals surface area contributed by atoms with Crippen molar-refractivity contribution in [1.29, 1.82) is 0 Å². The fourth-order valence-corrected chi connectivity index (χ4v) is 8.01. The summed E-state index contributed by atoms with van der Waals surface area (Å²) in [5.41, 5.74) is -1.90. The number of hydrogen-bond acceptors (Lipinski definition) is 6. The van der Waals surface area contributed by atoms with Gasteiger partial charge in [-0.1, -0.05) is 11.6 Å². The van der Waals surface area contributed by atoms with E-state index in [0.717, 1.165) is 6.07 Å². The van der Waals surface area contributed by atoms with E-state index in [1.807, 2.05) is 0 Å². The number of halogens is 4. The summed E-state index contributed by atoms with van der Waals surface area (Å²) in [6, 6.07) is 4.70. The summed E-state index contributed by atoms with van der Waals surface area (Å²) in [7, 11) is -4.09. The molecule has 3 unspecified atom stereocenters. The second-order valence-corrected chi connectivity index (χ2v) is 12.9. The van der Waals surface area contributed by atoms with Crippen LogP contribution in [-0.4, -0.2) is 53.9 Å². The molecule has 4 N–H and O–H groups in total. The SMILES string of the molecule is C[C@H](O)CNC(=O)CC1(O)C2CC[C@H]1CC(S(=O)(=O)c1cc(C(=O)Nc3cc(F)c(F)c(F)c3)ccc1Cl)C2. The lowest BCUT2D eigenvalue weighted by atomic mass is 9.72. The first kappa shape index (κ1) is 29.3. The predicted octanol–water partition coefficient (Wildman–Crippen LogP) is 3.59. The minimum absolute atomic E-state index is 0.0364. The Kier molecular flexibility index (Phi) is 8.32. The van der Waals surface area contributed by atoms with Crippen LogP contribution < -0.4 is 10.6 Å². The Morgan fingerprint density at radius 3 is 2.26 bits per heavy atom. The minimum Gasteiger partial charge on any atom is -0.392 e. The summed E-state index contributed by atoms with van der Waals surface area (Å²) in [6.07, 6.45) is 0.292. The van der Waals surface area contributed by atoms with Crippen LogP contribution in [0, 0.1) is 29.3 Å². The molecule has 0 aliphatic heterocycles. The third-order valence-electron chi connectivity index (χ3n) is 7.59. The second-order valence-electron chi connectivity index (χ2n) is 10.3. The molecular weight excluding hydrogens is 561 g/mol. The van der Waals surface area contributed by atoms with E-state index in [1.54, 1.807) is 0 Å². The highest BCUT2D eigenvalue weighted by atomic mass is 35.5. The lowest BCUT2D eigenvalue weighted by molar-refractivity contribution is -0.133. The van der Waals surface area contributed by atoms with Crippen molar-refractivity contribution in [3.05, 3.63) is 58.4 Å². The fraction of sp³-hybridized carbons (Fsp3) is 0.462. The van der Waals surface area contributed by atoms with Gasteiger partial charge in [0, 0.05) is 29.9 Å². The number of carbonyl (C=O) groups is 2. The van der Waals surface area contributed by atoms with Crippen LogP contribution in [0.2, 0.25) is 5.02 Å². The molecule has 8 nitrogen and oxygen atoms in total. The van der Waals surface area contributed by atoms with Gasteiger partial charge < -0.3 is 20.8 Å². The number of nitrogens with one attached hydrogen (secondary N) is 2. The monoisotopic (exact) mass is 588 g/mol. The van der Waals surface area contributed by atoms with Gasteiger partial charge in [-0.25, -0.2) is 21.6 Å². The van der Waals surface area contributed by atoms with Gasteiger partial charge in [-0.3, -0.25) is 9.59 Å². The Morgan fingerprint density at radius 2 is 1.69 bits per heavy atom. The molecule has 39 heavy (non-hydrogen) atoms. The molecule has 5 atom stereocenters. The van der Waals surface area contributed by atoms with E-state index in [-0.39, 0.29) is 47.0 Å². The zero-order chi connectivity index (χ0) is 28.7. The van der Waals surface area contributed by atoms with E-state index in [2.05, 4.69) is 10.6 Å². The highest BCUT2D eigenvalue weighted by molar-refractivity contribution is 7.92. The third kappa shape index (κ3) is 5.93. The molecule has 2 aliphatic carbocycles. The molecule has 2 aliphatic rings. The van der Waals surface area contributed by atoms with Crippen LogP contribution in [-0.2, 0) is 14.6 Å². The first-order chi connectivity index (χ1) is 18.2. The van der Waals surface area contributed by atoms with E-state index >= 15 is 0 Å². The van der Waals surface area contributed by atoms with Gasteiger partial charge in [0.1, 0.15) is 0 Å². The maximum Gasteiger partial charge on any atom is 0.255 e. The van der Waals surface area contributed by atoms with Crippen molar-refractivity contribution >= 4 is 38.9 Å². The largest absolute Gasteiger partial charge is 0.392 e. The summed E-state index contributed by atoms with van der Waals surface area (Å²) >= 11 is 6.22.